The molecule has 2 heterocycles. The van der Waals surface area contributed by atoms with Gasteiger partial charge in [0.1, 0.15) is 11.5 Å². The maximum absolute atomic E-state index is 9.26. The zero-order valence-corrected chi connectivity index (χ0v) is 8.80. The zero-order valence-electron chi connectivity index (χ0n) is 8.80. The molecule has 0 fully saturated rings. The molecule has 0 amide bonds. The highest BCUT2D eigenvalue weighted by Crippen LogP contribution is 2.19. The van der Waals surface area contributed by atoms with E-state index in [4.69, 9.17) is 10.8 Å². The monoisotopic (exact) mass is 225 g/mol. The quantitative estimate of drug-likeness (QED) is 0.518. The van der Waals surface area contributed by atoms with Crippen LogP contribution in [-0.4, -0.2) is 38.4 Å². The number of fused-ring (bicyclic) bond motifs is 1. The van der Waals surface area contributed by atoms with Crippen molar-refractivity contribution in [2.45, 2.75) is 25.6 Å². The lowest BCUT2D eigenvalue weighted by atomic mass is 10.2. The van der Waals surface area contributed by atoms with Crippen LogP contribution in [0, 0.1) is 0 Å². The van der Waals surface area contributed by atoms with E-state index in [1.807, 2.05) is 4.57 Å². The van der Waals surface area contributed by atoms with E-state index in [0.717, 1.165) is 11.5 Å². The van der Waals surface area contributed by atoms with Crippen molar-refractivity contribution in [3.63, 3.8) is 0 Å². The van der Waals surface area contributed by atoms with Gasteiger partial charge in [-0.25, -0.2) is 9.98 Å². The lowest BCUT2D eigenvalue weighted by Gasteiger charge is -2.15. The van der Waals surface area contributed by atoms with Gasteiger partial charge in [0, 0.05) is 6.54 Å². The van der Waals surface area contributed by atoms with Gasteiger partial charge in [0.15, 0.2) is 5.96 Å². The molecular formula is C9H15N5O2. The summed E-state index contributed by atoms with van der Waals surface area (Å²) >= 11 is 0. The highest BCUT2D eigenvalue weighted by atomic mass is 16.3. The summed E-state index contributed by atoms with van der Waals surface area (Å²) in [5.74, 6) is 1.19. The van der Waals surface area contributed by atoms with E-state index in [0.29, 0.717) is 25.5 Å². The number of rotatable bonds is 4. The van der Waals surface area contributed by atoms with Crippen LogP contribution in [0.3, 0.4) is 0 Å². The SMILES string of the molecule is NC1=NCc2ncn(CC[C@H](O)CO)c2N1. The summed E-state index contributed by atoms with van der Waals surface area (Å²) in [7, 11) is 0. The first kappa shape index (κ1) is 10.9. The molecule has 0 bridgehead atoms. The maximum atomic E-state index is 9.26. The third-order valence-electron chi connectivity index (χ3n) is 2.47. The Morgan fingerprint density at radius 1 is 1.62 bits per heavy atom. The lowest BCUT2D eigenvalue weighted by Crippen LogP contribution is -2.28. The van der Waals surface area contributed by atoms with Gasteiger partial charge in [-0.3, -0.25) is 0 Å². The second-order valence-electron chi connectivity index (χ2n) is 3.68. The van der Waals surface area contributed by atoms with Crippen molar-refractivity contribution >= 4 is 11.8 Å². The van der Waals surface area contributed by atoms with Crippen LogP contribution in [0.2, 0.25) is 0 Å². The average Bonchev–Trinajstić information content (AvgIpc) is 2.68. The summed E-state index contributed by atoms with van der Waals surface area (Å²) in [5, 5.41) is 20.9. The number of anilines is 1. The van der Waals surface area contributed by atoms with Gasteiger partial charge in [0.2, 0.25) is 0 Å². The highest BCUT2D eigenvalue weighted by Gasteiger charge is 2.16. The molecule has 2 rings (SSSR count). The summed E-state index contributed by atoms with van der Waals surface area (Å²) in [5.41, 5.74) is 6.41. The summed E-state index contributed by atoms with van der Waals surface area (Å²) in [6.07, 6.45) is 1.45. The van der Waals surface area contributed by atoms with Crippen LogP contribution >= 0.6 is 0 Å². The second kappa shape index (κ2) is 4.50. The lowest BCUT2D eigenvalue weighted by molar-refractivity contribution is 0.0847. The van der Waals surface area contributed by atoms with Crippen LogP contribution in [0.5, 0.6) is 0 Å². The predicted octanol–water partition coefficient (Wildman–Crippen LogP) is -1.13. The first-order valence-corrected chi connectivity index (χ1v) is 5.10. The van der Waals surface area contributed by atoms with Gasteiger partial charge in [-0.2, -0.15) is 0 Å². The predicted molar refractivity (Wildman–Crippen MR) is 58.9 cm³/mol. The molecule has 0 spiro atoms. The van der Waals surface area contributed by atoms with Crippen molar-refractivity contribution in [1.29, 1.82) is 0 Å². The number of hydrogen-bond acceptors (Lipinski definition) is 6. The van der Waals surface area contributed by atoms with E-state index in [1.54, 1.807) is 6.33 Å². The molecular weight excluding hydrogens is 210 g/mol. The first-order valence-electron chi connectivity index (χ1n) is 5.10. The number of nitrogens with one attached hydrogen (secondary N) is 1. The van der Waals surface area contributed by atoms with Crippen molar-refractivity contribution in [2.24, 2.45) is 10.7 Å². The molecule has 16 heavy (non-hydrogen) atoms. The first-order chi connectivity index (χ1) is 7.70. The van der Waals surface area contributed by atoms with Crippen molar-refractivity contribution in [2.75, 3.05) is 11.9 Å². The van der Waals surface area contributed by atoms with E-state index in [9.17, 15) is 5.11 Å². The molecule has 1 atom stereocenters. The highest BCUT2D eigenvalue weighted by molar-refractivity contribution is 5.93. The van der Waals surface area contributed by atoms with Crippen LogP contribution in [0.1, 0.15) is 12.1 Å². The Labute approximate surface area is 92.6 Å². The Hall–Kier alpha value is -1.60. The molecule has 0 saturated heterocycles. The van der Waals surface area contributed by atoms with Crippen molar-refractivity contribution < 1.29 is 10.2 Å². The molecule has 0 aliphatic carbocycles. The molecule has 1 aromatic rings. The Bertz CT molecular complexity index is 401. The van der Waals surface area contributed by atoms with Crippen molar-refractivity contribution in [1.82, 2.24) is 9.55 Å². The fraction of sp³-hybridized carbons (Fsp3) is 0.556. The number of aliphatic imine (C=N–C) groups is 1. The molecule has 7 nitrogen and oxygen atoms in total. The van der Waals surface area contributed by atoms with Gasteiger partial charge in [-0.05, 0) is 6.42 Å². The van der Waals surface area contributed by atoms with E-state index in [2.05, 4.69) is 15.3 Å². The summed E-state index contributed by atoms with van der Waals surface area (Å²) in [6, 6.07) is 0. The molecule has 0 aromatic carbocycles. The molecule has 0 radical (unpaired) electrons. The Kier molecular flexibility index (Phi) is 3.07. The number of nitrogens with two attached hydrogens (primary N) is 1. The summed E-state index contributed by atoms with van der Waals surface area (Å²) in [4.78, 5) is 8.20. The van der Waals surface area contributed by atoms with Gasteiger partial charge in [0.25, 0.3) is 0 Å². The zero-order chi connectivity index (χ0) is 11.5. The number of aliphatic hydroxyl groups is 2. The van der Waals surface area contributed by atoms with Gasteiger partial charge < -0.3 is 25.8 Å². The Morgan fingerprint density at radius 3 is 3.19 bits per heavy atom. The number of aliphatic hydroxyl groups excluding tert-OH is 2. The largest absolute Gasteiger partial charge is 0.394 e. The van der Waals surface area contributed by atoms with Gasteiger partial charge in [-0.1, -0.05) is 0 Å². The van der Waals surface area contributed by atoms with Crippen LogP contribution in [0.4, 0.5) is 5.82 Å². The maximum Gasteiger partial charge on any atom is 0.194 e. The number of aromatic nitrogens is 2. The number of imidazole rings is 1. The van der Waals surface area contributed by atoms with Crippen LogP contribution < -0.4 is 11.1 Å². The van der Waals surface area contributed by atoms with Crippen molar-refractivity contribution in [3.05, 3.63) is 12.0 Å². The van der Waals surface area contributed by atoms with Gasteiger partial charge >= 0.3 is 0 Å². The van der Waals surface area contributed by atoms with Crippen LogP contribution in [0.15, 0.2) is 11.3 Å². The Morgan fingerprint density at radius 2 is 2.44 bits per heavy atom. The van der Waals surface area contributed by atoms with E-state index >= 15 is 0 Å². The summed E-state index contributed by atoms with van der Waals surface area (Å²) < 4.78 is 1.86. The average molecular weight is 225 g/mol. The molecule has 88 valence electrons. The van der Waals surface area contributed by atoms with Crippen LogP contribution in [-0.2, 0) is 13.1 Å². The fourth-order valence-electron chi connectivity index (χ4n) is 1.55. The fourth-order valence-corrected chi connectivity index (χ4v) is 1.55. The molecule has 5 N–H and O–H groups in total. The standard InChI is InChI=1S/C9H15N5O2/c10-9-11-3-7-8(13-9)14(5-12-7)2-1-6(16)4-15/h5-6,15-16H,1-4H2,(H3,10,11,13)/t6-/m0/s1. The summed E-state index contributed by atoms with van der Waals surface area (Å²) in [6.45, 7) is 0.821. The number of hydrogen-bond donors (Lipinski definition) is 4. The minimum absolute atomic E-state index is 0.228. The molecule has 0 saturated carbocycles. The van der Waals surface area contributed by atoms with E-state index < -0.39 is 6.10 Å². The molecule has 7 heteroatoms. The minimum atomic E-state index is -0.701. The van der Waals surface area contributed by atoms with E-state index in [-0.39, 0.29) is 6.61 Å². The second-order valence-corrected chi connectivity index (χ2v) is 3.68. The van der Waals surface area contributed by atoms with E-state index in [1.165, 1.54) is 0 Å². The third kappa shape index (κ3) is 2.15. The molecule has 1 aromatic heterocycles. The Balaban J connectivity index is 2.04. The van der Waals surface area contributed by atoms with Gasteiger partial charge in [0.05, 0.1) is 25.6 Å². The van der Waals surface area contributed by atoms with Gasteiger partial charge in [-0.15, -0.1) is 0 Å². The molecule has 1 aliphatic rings. The van der Waals surface area contributed by atoms with Crippen LogP contribution in [0.25, 0.3) is 0 Å². The van der Waals surface area contributed by atoms with Crippen molar-refractivity contribution in [3.8, 4) is 0 Å². The smallest absolute Gasteiger partial charge is 0.194 e. The minimum Gasteiger partial charge on any atom is -0.394 e. The normalized spacial score (nSPS) is 16.2. The number of guanidine groups is 1. The molecule has 1 aliphatic heterocycles. The third-order valence-corrected chi connectivity index (χ3v) is 2.47. The molecule has 0 unspecified atom stereocenters. The number of aryl methyl sites for hydroxylation is 1. The topological polar surface area (TPSA) is 109 Å². The number of nitrogens with zero attached hydrogens (tertiary/aromatic N) is 3.